The third-order valence-corrected chi connectivity index (χ3v) is 6.05. The van der Waals surface area contributed by atoms with Crippen LogP contribution in [0.25, 0.3) is 0 Å². The van der Waals surface area contributed by atoms with Crippen molar-refractivity contribution >= 4 is 11.6 Å². The van der Waals surface area contributed by atoms with E-state index in [1.54, 1.807) is 30.3 Å². The maximum atomic E-state index is 14.5. The van der Waals surface area contributed by atoms with Gasteiger partial charge in [0.1, 0.15) is 5.82 Å². The monoisotopic (exact) mass is 502 g/mol. The van der Waals surface area contributed by atoms with E-state index >= 15 is 0 Å². The first-order valence-corrected chi connectivity index (χ1v) is 10.6. The van der Waals surface area contributed by atoms with E-state index in [-0.39, 0.29) is 29.2 Å². The van der Waals surface area contributed by atoms with Gasteiger partial charge in [0.15, 0.2) is 0 Å². The molecule has 1 aromatic heterocycles. The molecule has 0 saturated carbocycles. The van der Waals surface area contributed by atoms with Crippen LogP contribution in [0.4, 0.5) is 30.7 Å². The summed E-state index contributed by atoms with van der Waals surface area (Å²) in [6.07, 6.45) is -9.25. The van der Waals surface area contributed by atoms with E-state index in [0.29, 0.717) is 11.6 Å². The van der Waals surface area contributed by atoms with Gasteiger partial charge in [0, 0.05) is 25.2 Å². The minimum Gasteiger partial charge on any atom is -0.282 e. The first kappa shape index (κ1) is 24.5. The normalized spacial score (nSPS) is 20.1. The lowest BCUT2D eigenvalue weighted by Gasteiger charge is -2.37. The number of benzene rings is 2. The van der Waals surface area contributed by atoms with Crippen LogP contribution in [0.1, 0.15) is 28.8 Å². The van der Waals surface area contributed by atoms with Crippen molar-refractivity contribution in [3.05, 3.63) is 100 Å². The van der Waals surface area contributed by atoms with Crippen LogP contribution >= 0.6 is 11.6 Å². The second kappa shape index (κ2) is 8.85. The number of pyridine rings is 1. The molecule has 0 aliphatic carbocycles. The molecule has 3 atom stereocenters. The maximum absolute atomic E-state index is 14.5. The first-order chi connectivity index (χ1) is 15.9. The van der Waals surface area contributed by atoms with E-state index in [1.165, 1.54) is 23.2 Å². The zero-order valence-electron chi connectivity index (χ0n) is 17.5. The van der Waals surface area contributed by atoms with Gasteiger partial charge in [-0.3, -0.25) is 9.88 Å². The van der Waals surface area contributed by atoms with Gasteiger partial charge in [-0.2, -0.15) is 26.3 Å². The van der Waals surface area contributed by atoms with Gasteiger partial charge in [0.2, 0.25) is 0 Å². The second-order valence-electron chi connectivity index (χ2n) is 8.24. The average Bonchev–Trinajstić information content (AvgIpc) is 3.50. The van der Waals surface area contributed by atoms with E-state index < -0.39 is 41.7 Å². The average molecular weight is 503 g/mol. The Kier molecular flexibility index (Phi) is 6.37. The molecule has 0 radical (unpaired) electrons. The number of alkyl halides is 6. The largest absolute Gasteiger partial charge is 0.416 e. The summed E-state index contributed by atoms with van der Waals surface area (Å²) >= 11 is 5.96. The Morgan fingerprint density at radius 2 is 1.59 bits per heavy atom. The van der Waals surface area contributed by atoms with Gasteiger partial charge in [0.05, 0.1) is 28.2 Å². The minimum absolute atomic E-state index is 0.0302. The van der Waals surface area contributed by atoms with Gasteiger partial charge in [-0.15, -0.1) is 0 Å². The summed E-state index contributed by atoms with van der Waals surface area (Å²) in [5.74, 6) is -1.15. The van der Waals surface area contributed by atoms with E-state index in [9.17, 15) is 30.7 Å². The summed E-state index contributed by atoms with van der Waals surface area (Å²) < 4.78 is 94.9. The first-order valence-electron chi connectivity index (χ1n) is 10.3. The van der Waals surface area contributed by atoms with Crippen LogP contribution in [0.5, 0.6) is 0 Å². The summed E-state index contributed by atoms with van der Waals surface area (Å²) in [6, 6.07) is 12.5. The number of nitrogens with zero attached hydrogens (tertiary/aromatic N) is 2. The summed E-state index contributed by atoms with van der Waals surface area (Å²) in [6.45, 7) is -0.0471. The van der Waals surface area contributed by atoms with Crippen molar-refractivity contribution in [2.45, 2.75) is 36.8 Å². The fourth-order valence-corrected chi connectivity index (χ4v) is 4.46. The van der Waals surface area contributed by atoms with Gasteiger partial charge in [-0.1, -0.05) is 41.9 Å². The second-order valence-corrected chi connectivity index (χ2v) is 8.67. The lowest BCUT2D eigenvalue weighted by molar-refractivity contribution is -0.138. The van der Waals surface area contributed by atoms with E-state index in [0.717, 1.165) is 12.1 Å². The standard InChI is InChI=1S/C24H18ClF7N2/c25-18-6-7-21(33-13-18)22(11-15-4-2-1-3-5-15,34-14-20(34)12-23(27,28)29)16-8-17(24(30,31)32)10-19(26)9-16/h1-10,13,20H,11-12,14H2/t20-,22?,34?/m0/s1. The molecule has 2 nitrogen and oxygen atoms in total. The molecule has 2 heterocycles. The molecule has 1 aliphatic rings. The van der Waals surface area contributed by atoms with Crippen LogP contribution in [-0.2, 0) is 18.1 Å². The van der Waals surface area contributed by atoms with Crippen LogP contribution < -0.4 is 0 Å². The number of hydrogen-bond acceptors (Lipinski definition) is 2. The Morgan fingerprint density at radius 1 is 0.912 bits per heavy atom. The highest BCUT2D eigenvalue weighted by Gasteiger charge is 2.56. The molecule has 0 bridgehead atoms. The zero-order chi connectivity index (χ0) is 24.7. The zero-order valence-corrected chi connectivity index (χ0v) is 18.2. The molecule has 10 heteroatoms. The Labute approximate surface area is 196 Å². The van der Waals surface area contributed by atoms with Gasteiger partial charge in [0.25, 0.3) is 0 Å². The third kappa shape index (κ3) is 5.20. The third-order valence-electron chi connectivity index (χ3n) is 5.83. The molecule has 3 aromatic rings. The molecule has 2 unspecified atom stereocenters. The van der Waals surface area contributed by atoms with Gasteiger partial charge in [-0.25, -0.2) is 4.39 Å². The van der Waals surface area contributed by atoms with Gasteiger partial charge in [-0.05, 0) is 41.5 Å². The quantitative estimate of drug-likeness (QED) is 0.266. The van der Waals surface area contributed by atoms with Crippen molar-refractivity contribution in [2.75, 3.05) is 6.54 Å². The summed E-state index contributed by atoms with van der Waals surface area (Å²) in [4.78, 5) is 5.71. The Morgan fingerprint density at radius 3 is 2.18 bits per heavy atom. The van der Waals surface area contributed by atoms with E-state index in [4.69, 9.17) is 11.6 Å². The lowest BCUT2D eigenvalue weighted by Crippen LogP contribution is -2.41. The number of hydrogen-bond donors (Lipinski definition) is 0. The van der Waals surface area contributed by atoms with Crippen LogP contribution in [0.3, 0.4) is 0 Å². The van der Waals surface area contributed by atoms with Crippen molar-refractivity contribution in [1.29, 1.82) is 0 Å². The topological polar surface area (TPSA) is 15.9 Å². The number of halogens is 8. The Hall–Kier alpha value is -2.65. The molecule has 0 N–H and O–H groups in total. The number of rotatable bonds is 6. The van der Waals surface area contributed by atoms with Crippen LogP contribution in [0, 0.1) is 5.82 Å². The highest BCUT2D eigenvalue weighted by Crippen LogP contribution is 2.48. The fraction of sp³-hybridized carbons (Fsp3) is 0.292. The molecular formula is C24H18ClF7N2. The molecule has 180 valence electrons. The molecule has 1 fully saturated rings. The lowest BCUT2D eigenvalue weighted by atomic mass is 9.79. The Bertz CT molecular complexity index is 1150. The number of aromatic nitrogens is 1. The smallest absolute Gasteiger partial charge is 0.282 e. The summed E-state index contributed by atoms with van der Waals surface area (Å²) in [7, 11) is 0. The van der Waals surface area contributed by atoms with Crippen LogP contribution in [0.15, 0.2) is 66.9 Å². The summed E-state index contributed by atoms with van der Waals surface area (Å²) in [5, 5.41) is 0.241. The minimum atomic E-state index is -4.85. The SMILES string of the molecule is Fc1cc(C(F)(F)F)cc(C(Cc2ccccc2)(c2ccc(Cl)cn2)N2C[C@@H]2CC(F)(F)F)c1. The highest BCUT2D eigenvalue weighted by atomic mass is 35.5. The molecular weight excluding hydrogens is 485 g/mol. The molecule has 1 saturated heterocycles. The van der Waals surface area contributed by atoms with E-state index in [1.807, 2.05) is 0 Å². The van der Waals surface area contributed by atoms with Crippen molar-refractivity contribution in [2.24, 2.45) is 0 Å². The van der Waals surface area contributed by atoms with Crippen LogP contribution in [-0.4, -0.2) is 28.6 Å². The molecule has 34 heavy (non-hydrogen) atoms. The molecule has 0 spiro atoms. The van der Waals surface area contributed by atoms with Crippen LogP contribution in [0.2, 0.25) is 5.02 Å². The highest BCUT2D eigenvalue weighted by molar-refractivity contribution is 6.30. The van der Waals surface area contributed by atoms with Crippen molar-refractivity contribution < 1.29 is 30.7 Å². The molecule has 0 amide bonds. The van der Waals surface area contributed by atoms with Gasteiger partial charge >= 0.3 is 12.4 Å². The maximum Gasteiger partial charge on any atom is 0.416 e. The van der Waals surface area contributed by atoms with Crippen molar-refractivity contribution in [3.63, 3.8) is 0 Å². The predicted octanol–water partition coefficient (Wildman–Crippen LogP) is 7.02. The van der Waals surface area contributed by atoms with Crippen molar-refractivity contribution in [3.8, 4) is 0 Å². The molecule has 1 aliphatic heterocycles. The predicted molar refractivity (Wildman–Crippen MR) is 113 cm³/mol. The van der Waals surface area contributed by atoms with Crippen molar-refractivity contribution in [1.82, 2.24) is 9.88 Å². The molecule has 2 aromatic carbocycles. The Balaban J connectivity index is 1.95. The fourth-order valence-electron chi connectivity index (χ4n) is 4.35. The van der Waals surface area contributed by atoms with Gasteiger partial charge < -0.3 is 0 Å². The summed E-state index contributed by atoms with van der Waals surface area (Å²) in [5.41, 5.74) is -2.16. The molecule has 4 rings (SSSR count). The van der Waals surface area contributed by atoms with E-state index in [2.05, 4.69) is 4.98 Å².